The molecule has 0 spiro atoms. The van der Waals surface area contributed by atoms with Gasteiger partial charge < -0.3 is 10.8 Å². The van der Waals surface area contributed by atoms with Crippen LogP contribution in [0.2, 0.25) is 0 Å². The number of carboxylic acids is 1. The summed E-state index contributed by atoms with van der Waals surface area (Å²) in [5.41, 5.74) is 6.70. The van der Waals surface area contributed by atoms with Crippen LogP contribution in [0.5, 0.6) is 0 Å². The van der Waals surface area contributed by atoms with Gasteiger partial charge in [-0.1, -0.05) is 36.8 Å². The van der Waals surface area contributed by atoms with Crippen LogP contribution in [0.4, 0.5) is 0 Å². The summed E-state index contributed by atoms with van der Waals surface area (Å²) in [5, 5.41) is 9.14. The summed E-state index contributed by atoms with van der Waals surface area (Å²) in [6.07, 6.45) is 5.24. The summed E-state index contributed by atoms with van der Waals surface area (Å²) in [6, 6.07) is 10.2. The average molecular weight is 249 g/mol. The molecule has 0 aliphatic heterocycles. The molecule has 0 aromatic heterocycles. The van der Waals surface area contributed by atoms with Crippen LogP contribution in [-0.4, -0.2) is 17.6 Å². The highest BCUT2D eigenvalue weighted by molar-refractivity contribution is 5.69. The fourth-order valence-electron chi connectivity index (χ4n) is 2.12. The molecule has 100 valence electrons. The van der Waals surface area contributed by atoms with Gasteiger partial charge in [-0.25, -0.2) is 0 Å². The highest BCUT2D eigenvalue weighted by Crippen LogP contribution is 2.17. The van der Waals surface area contributed by atoms with Crippen molar-refractivity contribution < 1.29 is 9.90 Å². The lowest BCUT2D eigenvalue weighted by molar-refractivity contribution is -0.142. The van der Waals surface area contributed by atoms with Crippen molar-refractivity contribution in [3.8, 4) is 0 Å². The van der Waals surface area contributed by atoms with Gasteiger partial charge in [0.2, 0.25) is 0 Å². The van der Waals surface area contributed by atoms with Crippen LogP contribution in [0, 0.1) is 5.92 Å². The van der Waals surface area contributed by atoms with E-state index in [1.54, 1.807) is 0 Å². The van der Waals surface area contributed by atoms with Crippen molar-refractivity contribution in [3.63, 3.8) is 0 Å². The molecule has 3 N–H and O–H groups in total. The summed E-state index contributed by atoms with van der Waals surface area (Å²) in [4.78, 5) is 11.1. The monoisotopic (exact) mass is 249 g/mol. The molecule has 3 heteroatoms. The van der Waals surface area contributed by atoms with Gasteiger partial charge in [0.05, 0.1) is 5.92 Å². The van der Waals surface area contributed by atoms with Gasteiger partial charge in [-0.3, -0.25) is 4.79 Å². The van der Waals surface area contributed by atoms with Crippen molar-refractivity contribution in [1.29, 1.82) is 0 Å². The summed E-state index contributed by atoms with van der Waals surface area (Å²) < 4.78 is 0. The van der Waals surface area contributed by atoms with Crippen molar-refractivity contribution in [2.45, 2.75) is 38.5 Å². The Hall–Kier alpha value is -1.35. The number of unbranched alkanes of at least 4 members (excludes halogenated alkanes) is 1. The van der Waals surface area contributed by atoms with Crippen molar-refractivity contribution in [2.24, 2.45) is 11.7 Å². The predicted molar refractivity (Wildman–Crippen MR) is 73.4 cm³/mol. The quantitative estimate of drug-likeness (QED) is 0.661. The lowest BCUT2D eigenvalue weighted by Crippen LogP contribution is -2.14. The molecular formula is C15H23NO2. The van der Waals surface area contributed by atoms with E-state index in [4.69, 9.17) is 10.8 Å². The first-order chi connectivity index (χ1) is 8.74. The second kappa shape index (κ2) is 8.70. The van der Waals surface area contributed by atoms with E-state index in [1.165, 1.54) is 5.56 Å². The van der Waals surface area contributed by atoms with Gasteiger partial charge in [-0.05, 0) is 44.2 Å². The van der Waals surface area contributed by atoms with Crippen LogP contribution >= 0.6 is 0 Å². The fraction of sp³-hybridized carbons (Fsp3) is 0.533. The maximum absolute atomic E-state index is 11.1. The first kappa shape index (κ1) is 14.7. The number of aliphatic carboxylic acids is 1. The highest BCUT2D eigenvalue weighted by Gasteiger charge is 2.16. The lowest BCUT2D eigenvalue weighted by Gasteiger charge is -2.11. The van der Waals surface area contributed by atoms with Gasteiger partial charge in [-0.2, -0.15) is 0 Å². The second-order valence-corrected chi connectivity index (χ2v) is 4.70. The molecule has 0 radical (unpaired) electrons. The first-order valence-corrected chi connectivity index (χ1v) is 6.71. The predicted octanol–water partition coefficient (Wildman–Crippen LogP) is 2.84. The van der Waals surface area contributed by atoms with E-state index >= 15 is 0 Å². The molecule has 1 rings (SSSR count). The van der Waals surface area contributed by atoms with Crippen molar-refractivity contribution in [1.82, 2.24) is 0 Å². The topological polar surface area (TPSA) is 63.3 Å². The Bertz CT molecular complexity index is 338. The van der Waals surface area contributed by atoms with E-state index in [2.05, 4.69) is 12.1 Å². The minimum Gasteiger partial charge on any atom is -0.481 e. The third kappa shape index (κ3) is 5.82. The molecule has 0 saturated carbocycles. The van der Waals surface area contributed by atoms with Crippen molar-refractivity contribution >= 4 is 5.97 Å². The molecule has 18 heavy (non-hydrogen) atoms. The van der Waals surface area contributed by atoms with E-state index in [0.717, 1.165) is 38.5 Å². The molecule has 1 unspecified atom stereocenters. The van der Waals surface area contributed by atoms with Crippen LogP contribution in [0.15, 0.2) is 30.3 Å². The van der Waals surface area contributed by atoms with E-state index in [1.807, 2.05) is 18.2 Å². The number of benzene rings is 1. The standard InChI is InChI=1S/C15H23NO2/c16-12-5-4-10-14(15(17)18)11-6-9-13-7-2-1-3-8-13/h1-3,7-8,14H,4-6,9-12,16H2,(H,17,18). The Balaban J connectivity index is 2.27. The second-order valence-electron chi connectivity index (χ2n) is 4.70. The smallest absolute Gasteiger partial charge is 0.306 e. The Labute approximate surface area is 109 Å². The minimum absolute atomic E-state index is 0.208. The van der Waals surface area contributed by atoms with Gasteiger partial charge in [0, 0.05) is 0 Å². The van der Waals surface area contributed by atoms with E-state index < -0.39 is 5.97 Å². The highest BCUT2D eigenvalue weighted by atomic mass is 16.4. The number of rotatable bonds is 9. The van der Waals surface area contributed by atoms with Gasteiger partial charge in [0.1, 0.15) is 0 Å². The van der Waals surface area contributed by atoms with Crippen molar-refractivity contribution in [2.75, 3.05) is 6.54 Å². The Morgan fingerprint density at radius 2 is 1.78 bits per heavy atom. The molecule has 0 aliphatic rings. The Kier molecular flexibility index (Phi) is 7.11. The third-order valence-corrected chi connectivity index (χ3v) is 3.22. The maximum Gasteiger partial charge on any atom is 0.306 e. The zero-order valence-corrected chi connectivity index (χ0v) is 10.8. The van der Waals surface area contributed by atoms with Crippen LogP contribution < -0.4 is 5.73 Å². The van der Waals surface area contributed by atoms with Crippen LogP contribution in [0.3, 0.4) is 0 Å². The van der Waals surface area contributed by atoms with Gasteiger partial charge in [0.25, 0.3) is 0 Å². The average Bonchev–Trinajstić information content (AvgIpc) is 2.38. The molecule has 0 bridgehead atoms. The normalized spacial score (nSPS) is 12.3. The summed E-state index contributed by atoms with van der Waals surface area (Å²) in [5.74, 6) is -0.875. The molecule has 1 aromatic rings. The fourth-order valence-corrected chi connectivity index (χ4v) is 2.12. The number of nitrogens with two attached hydrogens (primary N) is 1. The summed E-state index contributed by atoms with van der Waals surface area (Å²) in [6.45, 7) is 0.649. The Morgan fingerprint density at radius 3 is 2.39 bits per heavy atom. The van der Waals surface area contributed by atoms with E-state index in [9.17, 15) is 4.79 Å². The molecule has 3 nitrogen and oxygen atoms in total. The number of aryl methyl sites for hydroxylation is 1. The van der Waals surface area contributed by atoms with E-state index in [-0.39, 0.29) is 5.92 Å². The summed E-state index contributed by atoms with van der Waals surface area (Å²) in [7, 11) is 0. The lowest BCUT2D eigenvalue weighted by atomic mass is 9.94. The molecule has 0 amide bonds. The maximum atomic E-state index is 11.1. The number of hydrogen-bond donors (Lipinski definition) is 2. The first-order valence-electron chi connectivity index (χ1n) is 6.71. The van der Waals surface area contributed by atoms with Gasteiger partial charge in [0.15, 0.2) is 0 Å². The minimum atomic E-state index is -0.667. The number of carbonyl (C=O) groups is 1. The Morgan fingerprint density at radius 1 is 1.11 bits per heavy atom. The van der Waals surface area contributed by atoms with Gasteiger partial charge >= 0.3 is 5.97 Å². The largest absolute Gasteiger partial charge is 0.481 e. The van der Waals surface area contributed by atoms with Crippen LogP contribution in [0.1, 0.15) is 37.7 Å². The molecule has 0 saturated heterocycles. The number of carboxylic acid groups (broad SMARTS) is 1. The van der Waals surface area contributed by atoms with Crippen LogP contribution in [-0.2, 0) is 11.2 Å². The molecule has 0 aliphatic carbocycles. The zero-order valence-electron chi connectivity index (χ0n) is 10.8. The SMILES string of the molecule is NCCCCC(CCCc1ccccc1)C(=O)O. The molecule has 0 heterocycles. The molecule has 1 aromatic carbocycles. The molecular weight excluding hydrogens is 226 g/mol. The third-order valence-electron chi connectivity index (χ3n) is 3.22. The number of hydrogen-bond acceptors (Lipinski definition) is 2. The molecule has 1 atom stereocenters. The van der Waals surface area contributed by atoms with Crippen LogP contribution in [0.25, 0.3) is 0 Å². The van der Waals surface area contributed by atoms with E-state index in [0.29, 0.717) is 6.54 Å². The summed E-state index contributed by atoms with van der Waals surface area (Å²) >= 11 is 0. The van der Waals surface area contributed by atoms with Gasteiger partial charge in [-0.15, -0.1) is 0 Å². The van der Waals surface area contributed by atoms with Crippen molar-refractivity contribution in [3.05, 3.63) is 35.9 Å². The molecule has 0 fully saturated rings. The zero-order chi connectivity index (χ0) is 13.2.